The monoisotopic (exact) mass is 324 g/mol. The molecule has 0 fully saturated rings. The highest BCUT2D eigenvalue weighted by Crippen LogP contribution is 2.31. The van der Waals surface area contributed by atoms with E-state index in [1.54, 1.807) is 0 Å². The number of halogens is 2. The maximum Gasteiger partial charge on any atom is 0.147 e. The van der Waals surface area contributed by atoms with Gasteiger partial charge in [-0.3, -0.25) is 0 Å². The van der Waals surface area contributed by atoms with Gasteiger partial charge in [-0.2, -0.15) is 0 Å². The molecular weight excluding hydrogens is 312 g/mol. The van der Waals surface area contributed by atoms with Crippen molar-refractivity contribution in [3.8, 4) is 11.3 Å². The summed E-state index contributed by atoms with van der Waals surface area (Å²) in [5.74, 6) is 0.809. The number of nitrogens with zero attached hydrogens (tertiary/aromatic N) is 2. The molecule has 1 aromatic carbocycles. The highest BCUT2D eigenvalue weighted by atomic mass is 79.9. The predicted octanol–water partition coefficient (Wildman–Crippen LogP) is 4.90. The van der Waals surface area contributed by atoms with Gasteiger partial charge in [-0.15, -0.1) is 0 Å². The zero-order valence-corrected chi connectivity index (χ0v) is 12.5. The van der Waals surface area contributed by atoms with Crippen LogP contribution in [0, 0.1) is 0 Å². The molecule has 0 aliphatic rings. The Morgan fingerprint density at radius 1 is 1.17 bits per heavy atom. The minimum atomic E-state index is 0.481. The predicted molar refractivity (Wildman–Crippen MR) is 78.8 cm³/mol. The molecular formula is C14H14BrClN2. The SMILES string of the molecule is CCCCc1nc(Cl)c(Br)c(-c2ccccc2)n1. The van der Waals surface area contributed by atoms with Crippen LogP contribution in [-0.4, -0.2) is 9.97 Å². The molecule has 1 aromatic heterocycles. The van der Waals surface area contributed by atoms with Crippen molar-refractivity contribution < 1.29 is 0 Å². The van der Waals surface area contributed by atoms with Crippen molar-refractivity contribution in [2.24, 2.45) is 0 Å². The van der Waals surface area contributed by atoms with Crippen LogP contribution in [0.4, 0.5) is 0 Å². The lowest BCUT2D eigenvalue weighted by Gasteiger charge is -2.08. The first-order chi connectivity index (χ1) is 8.72. The van der Waals surface area contributed by atoms with Crippen LogP contribution in [0.5, 0.6) is 0 Å². The number of unbranched alkanes of at least 4 members (excludes halogenated alkanes) is 1. The van der Waals surface area contributed by atoms with Gasteiger partial charge in [0.1, 0.15) is 11.0 Å². The van der Waals surface area contributed by atoms with E-state index in [1.165, 1.54) is 0 Å². The molecule has 2 aromatic rings. The van der Waals surface area contributed by atoms with Crippen LogP contribution in [0.25, 0.3) is 11.3 Å². The molecule has 0 amide bonds. The Kier molecular flexibility index (Phi) is 4.72. The molecule has 0 saturated carbocycles. The van der Waals surface area contributed by atoms with Crippen molar-refractivity contribution in [1.29, 1.82) is 0 Å². The van der Waals surface area contributed by atoms with Gasteiger partial charge >= 0.3 is 0 Å². The Balaban J connectivity index is 2.43. The molecule has 0 radical (unpaired) electrons. The van der Waals surface area contributed by atoms with Gasteiger partial charge < -0.3 is 0 Å². The van der Waals surface area contributed by atoms with Crippen molar-refractivity contribution in [3.63, 3.8) is 0 Å². The third-order valence-corrected chi connectivity index (χ3v) is 3.91. The lowest BCUT2D eigenvalue weighted by atomic mass is 10.1. The molecule has 0 spiro atoms. The van der Waals surface area contributed by atoms with E-state index in [-0.39, 0.29) is 0 Å². The molecule has 0 aliphatic heterocycles. The van der Waals surface area contributed by atoms with Crippen LogP contribution in [-0.2, 0) is 6.42 Å². The van der Waals surface area contributed by atoms with Gasteiger partial charge in [0.05, 0.1) is 10.2 Å². The van der Waals surface area contributed by atoms with Gasteiger partial charge in [-0.05, 0) is 22.4 Å². The molecule has 0 bridgehead atoms. The molecule has 94 valence electrons. The quantitative estimate of drug-likeness (QED) is 0.747. The summed E-state index contributed by atoms with van der Waals surface area (Å²) in [6.45, 7) is 2.15. The molecule has 2 rings (SSSR count). The summed E-state index contributed by atoms with van der Waals surface area (Å²) in [6, 6.07) is 10.0. The number of benzene rings is 1. The second kappa shape index (κ2) is 6.30. The summed E-state index contributed by atoms with van der Waals surface area (Å²) in [5, 5.41) is 0.481. The average Bonchev–Trinajstić information content (AvgIpc) is 2.41. The Morgan fingerprint density at radius 2 is 1.89 bits per heavy atom. The van der Waals surface area contributed by atoms with Crippen molar-refractivity contribution in [2.45, 2.75) is 26.2 Å². The standard InChI is InChI=1S/C14H14BrClN2/c1-2-3-9-11-17-13(12(15)14(16)18-11)10-7-5-4-6-8-10/h4-8H,2-3,9H2,1H3. The summed E-state index contributed by atoms with van der Waals surface area (Å²) in [7, 11) is 0. The number of hydrogen-bond acceptors (Lipinski definition) is 2. The van der Waals surface area contributed by atoms with Gasteiger partial charge in [-0.25, -0.2) is 9.97 Å². The van der Waals surface area contributed by atoms with E-state index in [0.717, 1.165) is 40.8 Å². The lowest BCUT2D eigenvalue weighted by Crippen LogP contribution is -1.99. The molecule has 0 atom stereocenters. The normalized spacial score (nSPS) is 10.6. The largest absolute Gasteiger partial charge is 0.232 e. The number of aryl methyl sites for hydroxylation is 1. The molecule has 4 heteroatoms. The lowest BCUT2D eigenvalue weighted by molar-refractivity contribution is 0.752. The molecule has 0 aliphatic carbocycles. The van der Waals surface area contributed by atoms with E-state index in [1.807, 2.05) is 30.3 Å². The zero-order chi connectivity index (χ0) is 13.0. The number of rotatable bonds is 4. The molecule has 18 heavy (non-hydrogen) atoms. The summed E-state index contributed by atoms with van der Waals surface area (Å²) >= 11 is 9.61. The zero-order valence-electron chi connectivity index (χ0n) is 10.2. The maximum absolute atomic E-state index is 6.15. The van der Waals surface area contributed by atoms with E-state index >= 15 is 0 Å². The summed E-state index contributed by atoms with van der Waals surface area (Å²) in [6.07, 6.45) is 3.06. The van der Waals surface area contributed by atoms with Crippen LogP contribution < -0.4 is 0 Å². The Hall–Kier alpha value is -0.930. The third-order valence-electron chi connectivity index (χ3n) is 2.66. The number of hydrogen-bond donors (Lipinski definition) is 0. The fraction of sp³-hybridized carbons (Fsp3) is 0.286. The van der Waals surface area contributed by atoms with E-state index in [0.29, 0.717) is 5.15 Å². The average molecular weight is 326 g/mol. The van der Waals surface area contributed by atoms with E-state index < -0.39 is 0 Å². The van der Waals surface area contributed by atoms with Crippen LogP contribution >= 0.6 is 27.5 Å². The first-order valence-electron chi connectivity index (χ1n) is 5.99. The summed E-state index contributed by atoms with van der Waals surface area (Å²) in [4.78, 5) is 8.90. The van der Waals surface area contributed by atoms with Gasteiger partial charge in [-0.1, -0.05) is 55.3 Å². The van der Waals surface area contributed by atoms with Crippen LogP contribution in [0.2, 0.25) is 5.15 Å². The second-order valence-electron chi connectivity index (χ2n) is 4.06. The van der Waals surface area contributed by atoms with Crippen LogP contribution in [0.15, 0.2) is 34.8 Å². The van der Waals surface area contributed by atoms with E-state index in [4.69, 9.17) is 11.6 Å². The second-order valence-corrected chi connectivity index (χ2v) is 5.21. The van der Waals surface area contributed by atoms with E-state index in [9.17, 15) is 0 Å². The highest BCUT2D eigenvalue weighted by molar-refractivity contribution is 9.10. The molecule has 1 heterocycles. The van der Waals surface area contributed by atoms with Crippen molar-refractivity contribution in [2.75, 3.05) is 0 Å². The topological polar surface area (TPSA) is 25.8 Å². The fourth-order valence-electron chi connectivity index (χ4n) is 1.70. The Bertz CT molecular complexity index is 529. The van der Waals surface area contributed by atoms with Gasteiger partial charge in [0.15, 0.2) is 0 Å². The first kappa shape index (κ1) is 13.5. The highest BCUT2D eigenvalue weighted by Gasteiger charge is 2.12. The minimum Gasteiger partial charge on any atom is -0.232 e. The van der Waals surface area contributed by atoms with Crippen molar-refractivity contribution in [1.82, 2.24) is 9.97 Å². The first-order valence-corrected chi connectivity index (χ1v) is 7.16. The van der Waals surface area contributed by atoms with Gasteiger partial charge in [0, 0.05) is 12.0 Å². The molecule has 0 unspecified atom stereocenters. The molecule has 0 saturated heterocycles. The van der Waals surface area contributed by atoms with Crippen molar-refractivity contribution >= 4 is 27.5 Å². The molecule has 0 N–H and O–H groups in total. The van der Waals surface area contributed by atoms with Crippen molar-refractivity contribution in [3.05, 3.63) is 45.8 Å². The van der Waals surface area contributed by atoms with Crippen LogP contribution in [0.3, 0.4) is 0 Å². The molecule has 2 nitrogen and oxygen atoms in total. The smallest absolute Gasteiger partial charge is 0.147 e. The van der Waals surface area contributed by atoms with Crippen LogP contribution in [0.1, 0.15) is 25.6 Å². The Morgan fingerprint density at radius 3 is 2.56 bits per heavy atom. The number of aromatic nitrogens is 2. The third kappa shape index (κ3) is 3.09. The Labute approximate surface area is 121 Å². The fourth-order valence-corrected chi connectivity index (χ4v) is 2.29. The minimum absolute atomic E-state index is 0.481. The summed E-state index contributed by atoms with van der Waals surface area (Å²) in [5.41, 5.74) is 1.91. The van der Waals surface area contributed by atoms with Gasteiger partial charge in [0.2, 0.25) is 0 Å². The maximum atomic E-state index is 6.15. The summed E-state index contributed by atoms with van der Waals surface area (Å²) < 4.78 is 0.760. The van der Waals surface area contributed by atoms with Gasteiger partial charge in [0.25, 0.3) is 0 Å². The van der Waals surface area contributed by atoms with E-state index in [2.05, 4.69) is 32.8 Å².